The van der Waals surface area contributed by atoms with Crippen LogP contribution in [-0.4, -0.2) is 43.8 Å². The molecule has 0 spiro atoms. The first-order valence-corrected chi connectivity index (χ1v) is 8.44. The maximum Gasteiger partial charge on any atom is 0.0478 e. The highest BCUT2D eigenvalue weighted by atomic mass is 16.5. The van der Waals surface area contributed by atoms with Gasteiger partial charge >= 0.3 is 0 Å². The molecule has 0 bridgehead atoms. The van der Waals surface area contributed by atoms with E-state index in [1.807, 2.05) is 0 Å². The number of piperidine rings is 1. The van der Waals surface area contributed by atoms with Gasteiger partial charge in [-0.2, -0.15) is 0 Å². The van der Waals surface area contributed by atoms with E-state index in [1.165, 1.54) is 12.0 Å². The Hall–Kier alpha value is -0.900. The average Bonchev–Trinajstić information content (AvgIpc) is 2.53. The first-order chi connectivity index (χ1) is 10.3. The van der Waals surface area contributed by atoms with Crippen LogP contribution in [0.4, 0.5) is 0 Å². The molecule has 3 heteroatoms. The van der Waals surface area contributed by atoms with E-state index in [4.69, 9.17) is 10.5 Å². The first kappa shape index (κ1) is 16.5. The molecule has 3 nitrogen and oxygen atoms in total. The summed E-state index contributed by atoms with van der Waals surface area (Å²) in [5.41, 5.74) is 7.34. The summed E-state index contributed by atoms with van der Waals surface area (Å²) in [4.78, 5) is 2.52. The van der Waals surface area contributed by atoms with Gasteiger partial charge in [-0.1, -0.05) is 30.3 Å². The van der Waals surface area contributed by atoms with Gasteiger partial charge in [0.05, 0.1) is 0 Å². The number of nitrogens with two attached hydrogens (primary N) is 1. The molecule has 1 saturated heterocycles. The summed E-state index contributed by atoms with van der Waals surface area (Å²) in [7, 11) is 0. The molecule has 1 aliphatic heterocycles. The van der Waals surface area contributed by atoms with Crippen LogP contribution in [0.5, 0.6) is 0 Å². The molecule has 1 fully saturated rings. The fourth-order valence-electron chi connectivity index (χ4n) is 2.85. The zero-order chi connectivity index (χ0) is 14.8. The molecule has 1 heterocycles. The lowest BCUT2D eigenvalue weighted by Crippen LogP contribution is -2.40. The zero-order valence-corrected chi connectivity index (χ0v) is 13.2. The molecule has 0 aliphatic carbocycles. The number of likely N-dealkylation sites (tertiary alicyclic amines) is 1. The Morgan fingerprint density at radius 1 is 1.00 bits per heavy atom. The van der Waals surface area contributed by atoms with Crippen molar-refractivity contribution in [2.45, 2.75) is 44.6 Å². The van der Waals surface area contributed by atoms with E-state index in [9.17, 15) is 0 Å². The third-order valence-corrected chi connectivity index (χ3v) is 4.24. The molecule has 0 unspecified atom stereocenters. The molecular formula is C18H30N2O. The Morgan fingerprint density at radius 3 is 2.48 bits per heavy atom. The fraction of sp³-hybridized carbons (Fsp3) is 0.667. The molecule has 0 atom stereocenters. The van der Waals surface area contributed by atoms with Crippen LogP contribution in [-0.2, 0) is 11.2 Å². The Morgan fingerprint density at radius 2 is 1.71 bits per heavy atom. The van der Waals surface area contributed by atoms with Crippen LogP contribution in [0.2, 0.25) is 0 Å². The summed E-state index contributed by atoms with van der Waals surface area (Å²) in [6, 6.07) is 11.1. The van der Waals surface area contributed by atoms with Crippen LogP contribution in [0.25, 0.3) is 0 Å². The second kappa shape index (κ2) is 9.93. The smallest absolute Gasteiger partial charge is 0.0478 e. The molecule has 0 amide bonds. The quantitative estimate of drug-likeness (QED) is 0.711. The molecule has 1 aromatic rings. The molecule has 0 radical (unpaired) electrons. The third kappa shape index (κ3) is 7.07. The average molecular weight is 290 g/mol. The van der Waals surface area contributed by atoms with Gasteiger partial charge in [0.25, 0.3) is 0 Å². The maximum atomic E-state index is 5.91. The minimum atomic E-state index is 0.433. The highest BCUT2D eigenvalue weighted by molar-refractivity contribution is 5.14. The molecule has 21 heavy (non-hydrogen) atoms. The fourth-order valence-corrected chi connectivity index (χ4v) is 2.85. The predicted octanol–water partition coefficient (Wildman–Crippen LogP) is 2.84. The van der Waals surface area contributed by atoms with E-state index in [-0.39, 0.29) is 0 Å². The van der Waals surface area contributed by atoms with Crippen LogP contribution >= 0.6 is 0 Å². The summed E-state index contributed by atoms with van der Waals surface area (Å²) in [6.07, 6.45) is 6.99. The third-order valence-electron chi connectivity index (χ3n) is 4.24. The second-order valence-electron chi connectivity index (χ2n) is 6.09. The Kier molecular flexibility index (Phi) is 7.79. The lowest BCUT2D eigenvalue weighted by Gasteiger charge is -2.29. The van der Waals surface area contributed by atoms with Crippen molar-refractivity contribution in [3.8, 4) is 0 Å². The van der Waals surface area contributed by atoms with Crippen molar-refractivity contribution in [2.75, 3.05) is 32.8 Å². The molecule has 1 aromatic carbocycles. The molecular weight excluding hydrogens is 260 g/mol. The number of unbranched alkanes of at least 4 members (excludes halogenated alkanes) is 1. The summed E-state index contributed by atoms with van der Waals surface area (Å²) >= 11 is 0. The largest absolute Gasteiger partial charge is 0.381 e. The van der Waals surface area contributed by atoms with Crippen LogP contribution in [0.1, 0.15) is 37.7 Å². The summed E-state index contributed by atoms with van der Waals surface area (Å²) < 4.78 is 5.73. The monoisotopic (exact) mass is 290 g/mol. The molecule has 0 saturated carbocycles. The summed E-state index contributed by atoms with van der Waals surface area (Å²) in [5, 5.41) is 0. The maximum absolute atomic E-state index is 5.91. The van der Waals surface area contributed by atoms with Crippen molar-refractivity contribution >= 4 is 0 Å². The molecule has 2 N–H and O–H groups in total. The zero-order valence-electron chi connectivity index (χ0n) is 13.2. The molecule has 0 aromatic heterocycles. The minimum Gasteiger partial charge on any atom is -0.381 e. The topological polar surface area (TPSA) is 38.5 Å². The van der Waals surface area contributed by atoms with E-state index in [0.717, 1.165) is 65.0 Å². The van der Waals surface area contributed by atoms with E-state index in [2.05, 4.69) is 35.2 Å². The Bertz CT molecular complexity index is 361. The number of nitrogens with zero attached hydrogens (tertiary/aromatic N) is 1. The highest BCUT2D eigenvalue weighted by Gasteiger charge is 2.14. The normalized spacial score (nSPS) is 17.2. The van der Waals surface area contributed by atoms with Crippen LogP contribution in [0.3, 0.4) is 0 Å². The van der Waals surface area contributed by atoms with Crippen molar-refractivity contribution in [2.24, 2.45) is 5.73 Å². The van der Waals surface area contributed by atoms with Crippen molar-refractivity contribution in [1.82, 2.24) is 4.90 Å². The highest BCUT2D eigenvalue weighted by Crippen LogP contribution is 2.08. The van der Waals surface area contributed by atoms with Gasteiger partial charge in [0.1, 0.15) is 0 Å². The van der Waals surface area contributed by atoms with Crippen molar-refractivity contribution < 1.29 is 4.74 Å². The van der Waals surface area contributed by atoms with E-state index < -0.39 is 0 Å². The number of rotatable bonds is 9. The van der Waals surface area contributed by atoms with E-state index in [1.54, 1.807) is 0 Å². The van der Waals surface area contributed by atoms with Crippen LogP contribution < -0.4 is 5.73 Å². The van der Waals surface area contributed by atoms with Gasteiger partial charge in [-0.3, -0.25) is 0 Å². The van der Waals surface area contributed by atoms with Crippen LogP contribution in [0.15, 0.2) is 30.3 Å². The van der Waals surface area contributed by atoms with E-state index >= 15 is 0 Å². The predicted molar refractivity (Wildman–Crippen MR) is 88.5 cm³/mol. The van der Waals surface area contributed by atoms with Gasteiger partial charge in [0, 0.05) is 25.8 Å². The Balaban J connectivity index is 1.39. The number of hydrogen-bond acceptors (Lipinski definition) is 3. The number of hydrogen-bond donors (Lipinski definition) is 1. The number of ether oxygens (including phenoxy) is 1. The molecule has 118 valence electrons. The van der Waals surface area contributed by atoms with Crippen molar-refractivity contribution in [3.05, 3.63) is 35.9 Å². The van der Waals surface area contributed by atoms with Crippen molar-refractivity contribution in [3.63, 3.8) is 0 Å². The van der Waals surface area contributed by atoms with Gasteiger partial charge in [0.2, 0.25) is 0 Å². The van der Waals surface area contributed by atoms with Gasteiger partial charge < -0.3 is 15.4 Å². The SMILES string of the molecule is NC1CCN(CCCOCCCCc2ccccc2)CC1. The van der Waals surface area contributed by atoms with Gasteiger partial charge in [-0.15, -0.1) is 0 Å². The Labute approximate surface area is 129 Å². The lowest BCUT2D eigenvalue weighted by molar-refractivity contribution is 0.112. The van der Waals surface area contributed by atoms with Gasteiger partial charge in [-0.25, -0.2) is 0 Å². The summed E-state index contributed by atoms with van der Waals surface area (Å²) in [5.74, 6) is 0. The molecule has 2 rings (SSSR count). The van der Waals surface area contributed by atoms with Crippen LogP contribution in [0, 0.1) is 0 Å². The van der Waals surface area contributed by atoms with Gasteiger partial charge in [-0.05, 0) is 57.2 Å². The standard InChI is InChI=1S/C18H30N2O/c19-18-10-13-20(14-11-18)12-6-16-21-15-5-4-9-17-7-2-1-3-8-17/h1-3,7-8,18H,4-6,9-16,19H2. The lowest BCUT2D eigenvalue weighted by atomic mass is 10.1. The first-order valence-electron chi connectivity index (χ1n) is 8.44. The van der Waals surface area contributed by atoms with Gasteiger partial charge in [0.15, 0.2) is 0 Å². The summed E-state index contributed by atoms with van der Waals surface area (Å²) in [6.45, 7) is 5.29. The second-order valence-corrected chi connectivity index (χ2v) is 6.09. The number of aryl methyl sites for hydroxylation is 1. The van der Waals surface area contributed by atoms with Crippen molar-refractivity contribution in [1.29, 1.82) is 0 Å². The number of benzene rings is 1. The molecule has 1 aliphatic rings. The van der Waals surface area contributed by atoms with E-state index in [0.29, 0.717) is 6.04 Å². The minimum absolute atomic E-state index is 0.433.